The highest BCUT2D eigenvalue weighted by Crippen LogP contribution is 2.22. The zero-order valence-corrected chi connectivity index (χ0v) is 28.9. The van der Waals surface area contributed by atoms with Crippen LogP contribution in [-0.4, -0.2) is 97.2 Å². The second-order valence-corrected chi connectivity index (χ2v) is 13.0. The lowest BCUT2D eigenvalue weighted by molar-refractivity contribution is -0.155. The maximum absolute atomic E-state index is 14.1. The largest absolute Gasteiger partial charge is 0.354 e. The summed E-state index contributed by atoms with van der Waals surface area (Å²) < 4.78 is 0. The first-order valence-corrected chi connectivity index (χ1v) is 16.1. The van der Waals surface area contributed by atoms with Crippen molar-refractivity contribution in [2.45, 2.75) is 78.6 Å². The first kappa shape index (κ1) is 37.5. The van der Waals surface area contributed by atoms with E-state index in [0.29, 0.717) is 19.4 Å². The number of rotatable bonds is 16. The number of hydrogen-bond donors (Lipinski definition) is 2. The second-order valence-electron chi connectivity index (χ2n) is 13.0. The van der Waals surface area contributed by atoms with Crippen LogP contribution in [0.2, 0.25) is 0 Å². The minimum Gasteiger partial charge on any atom is -0.354 e. The van der Waals surface area contributed by atoms with Gasteiger partial charge in [-0.3, -0.25) is 19.2 Å². The third-order valence-electron chi connectivity index (χ3n) is 8.45. The molecule has 0 aliphatic rings. The Hall–Kier alpha value is -3.72. The lowest BCUT2D eigenvalue weighted by atomic mass is 9.94. The van der Waals surface area contributed by atoms with Crippen molar-refractivity contribution in [3.8, 4) is 0 Å². The number of benzene rings is 2. The van der Waals surface area contributed by atoms with Gasteiger partial charge in [0.25, 0.3) is 0 Å². The SMILES string of the molecule is CN[C@@H](Cc1ccccc1)C(=O)N(C)[C@H](C(=O)N(C)[C@H](C(=O)N(C)[C@H](C(=O)NCCc1ccccc1)C(C)C)C(C)C)C(C)C. The van der Waals surface area contributed by atoms with Crippen LogP contribution < -0.4 is 10.6 Å². The Kier molecular flexibility index (Phi) is 14.7. The molecule has 0 aromatic heterocycles. The molecule has 0 unspecified atom stereocenters. The molecule has 0 aliphatic carbocycles. The van der Waals surface area contributed by atoms with Crippen LogP contribution in [0.25, 0.3) is 0 Å². The summed E-state index contributed by atoms with van der Waals surface area (Å²) in [5, 5.41) is 6.11. The average Bonchev–Trinajstić information content (AvgIpc) is 3.00. The van der Waals surface area contributed by atoms with E-state index in [9.17, 15) is 19.2 Å². The summed E-state index contributed by atoms with van der Waals surface area (Å²) in [4.78, 5) is 59.7. The maximum atomic E-state index is 14.1. The van der Waals surface area contributed by atoms with E-state index in [0.717, 1.165) is 11.1 Å². The fourth-order valence-corrected chi connectivity index (χ4v) is 6.04. The molecule has 2 aromatic rings. The van der Waals surface area contributed by atoms with Crippen LogP contribution in [-0.2, 0) is 32.0 Å². The number of nitrogens with one attached hydrogen (secondary N) is 2. The van der Waals surface area contributed by atoms with E-state index in [4.69, 9.17) is 0 Å². The summed E-state index contributed by atoms with van der Waals surface area (Å²) in [7, 11) is 6.65. The van der Waals surface area contributed by atoms with E-state index in [-0.39, 0.29) is 41.4 Å². The molecule has 248 valence electrons. The highest BCUT2D eigenvalue weighted by molar-refractivity contribution is 5.95. The molecule has 0 aliphatic heterocycles. The van der Waals surface area contributed by atoms with Crippen molar-refractivity contribution in [1.29, 1.82) is 0 Å². The van der Waals surface area contributed by atoms with Crippen LogP contribution in [0.5, 0.6) is 0 Å². The third-order valence-corrected chi connectivity index (χ3v) is 8.45. The molecule has 0 spiro atoms. The molecule has 0 bridgehead atoms. The normalized spacial score (nSPS) is 14.1. The number of hydrogen-bond acceptors (Lipinski definition) is 5. The summed E-state index contributed by atoms with van der Waals surface area (Å²) in [6, 6.07) is 16.8. The maximum Gasteiger partial charge on any atom is 0.246 e. The van der Waals surface area contributed by atoms with Crippen LogP contribution in [0.4, 0.5) is 0 Å². The summed E-state index contributed by atoms with van der Waals surface area (Å²) in [6.45, 7) is 11.9. The van der Waals surface area contributed by atoms with Crippen molar-refractivity contribution in [1.82, 2.24) is 25.3 Å². The number of carbonyl (C=O) groups is 4. The molecule has 9 heteroatoms. The Bertz CT molecular complexity index is 1230. The number of carbonyl (C=O) groups excluding carboxylic acids is 4. The molecule has 2 rings (SSSR count). The van der Waals surface area contributed by atoms with E-state index < -0.39 is 24.2 Å². The number of nitrogens with zero attached hydrogens (tertiary/aromatic N) is 3. The lowest BCUT2D eigenvalue weighted by Gasteiger charge is -2.40. The summed E-state index contributed by atoms with van der Waals surface area (Å²) in [6.07, 6.45) is 1.17. The monoisotopic (exact) mass is 621 g/mol. The average molecular weight is 622 g/mol. The van der Waals surface area contributed by atoms with Gasteiger partial charge < -0.3 is 25.3 Å². The van der Waals surface area contributed by atoms with Gasteiger partial charge in [0.05, 0.1) is 6.04 Å². The van der Waals surface area contributed by atoms with Gasteiger partial charge in [-0.15, -0.1) is 0 Å². The van der Waals surface area contributed by atoms with Crippen molar-refractivity contribution in [3.05, 3.63) is 71.8 Å². The van der Waals surface area contributed by atoms with Gasteiger partial charge in [0.1, 0.15) is 18.1 Å². The first-order valence-electron chi connectivity index (χ1n) is 16.1. The van der Waals surface area contributed by atoms with Crippen molar-refractivity contribution < 1.29 is 19.2 Å². The second kappa shape index (κ2) is 17.7. The minimum absolute atomic E-state index is 0.153. The highest BCUT2D eigenvalue weighted by Gasteiger charge is 2.41. The molecule has 0 radical (unpaired) electrons. The third kappa shape index (κ3) is 10.1. The molecular weight excluding hydrogens is 566 g/mol. The molecule has 0 heterocycles. The van der Waals surface area contributed by atoms with Gasteiger partial charge in [-0.25, -0.2) is 0 Å². The van der Waals surface area contributed by atoms with Crippen molar-refractivity contribution in [2.24, 2.45) is 17.8 Å². The molecule has 9 nitrogen and oxygen atoms in total. The van der Waals surface area contributed by atoms with E-state index in [1.807, 2.05) is 102 Å². The molecule has 4 atom stereocenters. The summed E-state index contributed by atoms with van der Waals surface area (Å²) >= 11 is 0. The van der Waals surface area contributed by atoms with Gasteiger partial charge in [0.15, 0.2) is 0 Å². The molecule has 0 saturated carbocycles. The van der Waals surface area contributed by atoms with Crippen molar-refractivity contribution in [3.63, 3.8) is 0 Å². The van der Waals surface area contributed by atoms with Crippen LogP contribution in [0.1, 0.15) is 52.7 Å². The molecule has 2 N–H and O–H groups in total. The quantitative estimate of drug-likeness (QED) is 0.298. The fraction of sp³-hybridized carbons (Fsp3) is 0.556. The number of amides is 4. The van der Waals surface area contributed by atoms with Gasteiger partial charge in [0, 0.05) is 27.7 Å². The van der Waals surface area contributed by atoms with Crippen molar-refractivity contribution in [2.75, 3.05) is 34.7 Å². The van der Waals surface area contributed by atoms with Crippen LogP contribution in [0, 0.1) is 17.8 Å². The zero-order chi connectivity index (χ0) is 33.8. The van der Waals surface area contributed by atoms with E-state index >= 15 is 0 Å². The van der Waals surface area contributed by atoms with Crippen molar-refractivity contribution >= 4 is 23.6 Å². The first-order chi connectivity index (χ1) is 21.2. The molecule has 0 saturated heterocycles. The summed E-state index contributed by atoms with van der Waals surface area (Å²) in [5.74, 6) is -1.65. The Labute approximate surface area is 270 Å². The lowest BCUT2D eigenvalue weighted by Crippen LogP contribution is -2.61. The van der Waals surface area contributed by atoms with Gasteiger partial charge in [-0.1, -0.05) is 102 Å². The van der Waals surface area contributed by atoms with E-state index in [1.54, 1.807) is 28.2 Å². The predicted molar refractivity (Wildman–Crippen MR) is 180 cm³/mol. The number of likely N-dealkylation sites (N-methyl/N-ethyl adjacent to an activating group) is 4. The minimum atomic E-state index is -0.824. The Balaban J connectivity index is 2.23. The predicted octanol–water partition coefficient (Wildman–Crippen LogP) is 3.63. The Morgan fingerprint density at radius 1 is 0.600 bits per heavy atom. The molecule has 0 fully saturated rings. The smallest absolute Gasteiger partial charge is 0.246 e. The highest BCUT2D eigenvalue weighted by atomic mass is 16.2. The van der Waals surface area contributed by atoms with Gasteiger partial charge in [-0.05, 0) is 48.8 Å². The zero-order valence-electron chi connectivity index (χ0n) is 28.9. The van der Waals surface area contributed by atoms with Crippen LogP contribution >= 0.6 is 0 Å². The van der Waals surface area contributed by atoms with Crippen LogP contribution in [0.15, 0.2) is 60.7 Å². The Morgan fingerprint density at radius 2 is 1.00 bits per heavy atom. The van der Waals surface area contributed by atoms with E-state index in [2.05, 4.69) is 10.6 Å². The van der Waals surface area contributed by atoms with E-state index in [1.165, 1.54) is 14.7 Å². The van der Waals surface area contributed by atoms with Gasteiger partial charge >= 0.3 is 0 Å². The standard InChI is InChI=1S/C36H55N5O4/c1-24(2)30(33(42)38-22-21-27-17-13-11-14-18-27)39(8)35(44)32(26(5)6)41(10)36(45)31(25(3)4)40(9)34(43)29(37-7)23-28-19-15-12-16-20-28/h11-20,24-26,29-32,37H,21-23H2,1-10H3,(H,38,42)/t29-,30-,31-,32-/m0/s1. The molecule has 2 aromatic carbocycles. The molecular formula is C36H55N5O4. The molecule has 4 amide bonds. The van der Waals surface area contributed by atoms with Gasteiger partial charge in [0.2, 0.25) is 23.6 Å². The Morgan fingerprint density at radius 3 is 1.42 bits per heavy atom. The molecule has 45 heavy (non-hydrogen) atoms. The fourth-order valence-electron chi connectivity index (χ4n) is 6.04. The summed E-state index contributed by atoms with van der Waals surface area (Å²) in [5.41, 5.74) is 2.13. The topological polar surface area (TPSA) is 102 Å². The van der Waals surface area contributed by atoms with Gasteiger partial charge in [-0.2, -0.15) is 0 Å². The van der Waals surface area contributed by atoms with Crippen LogP contribution in [0.3, 0.4) is 0 Å².